The maximum Gasteiger partial charge on any atom is 0.345 e. The first-order valence-corrected chi connectivity index (χ1v) is 8.72. The Balaban J connectivity index is 1.86. The summed E-state index contributed by atoms with van der Waals surface area (Å²) in [6.07, 6.45) is 1.25. The predicted molar refractivity (Wildman–Crippen MR) is 89.1 cm³/mol. The molecule has 0 N–H and O–H groups in total. The number of hydrogen-bond donors (Lipinski definition) is 0. The molecular weight excluding hydrogens is 334 g/mol. The Morgan fingerprint density at radius 3 is 2.87 bits per heavy atom. The van der Waals surface area contributed by atoms with Crippen LogP contribution in [0, 0.1) is 0 Å². The van der Waals surface area contributed by atoms with Gasteiger partial charge in [-0.15, -0.1) is 5.10 Å². The molecule has 3 aromatic rings. The third-order valence-corrected chi connectivity index (χ3v) is 5.10. The number of esters is 1. The largest absolute Gasteiger partial charge is 0.462 e. The lowest BCUT2D eigenvalue weighted by molar-refractivity contribution is 0.0523. The van der Waals surface area contributed by atoms with Gasteiger partial charge < -0.3 is 4.74 Å². The zero-order valence-corrected chi connectivity index (χ0v) is 13.9. The summed E-state index contributed by atoms with van der Waals surface area (Å²) in [6.45, 7) is 1.89. The van der Waals surface area contributed by atoms with Crippen molar-refractivity contribution in [2.24, 2.45) is 0 Å². The van der Waals surface area contributed by atoms with Crippen LogP contribution in [0.1, 0.15) is 22.8 Å². The monoisotopic (exact) mass is 347 g/mol. The highest BCUT2D eigenvalue weighted by molar-refractivity contribution is 8.00. The summed E-state index contributed by atoms with van der Waals surface area (Å²) in [5.74, 6) is 0.0750. The van der Waals surface area contributed by atoms with Gasteiger partial charge in [-0.2, -0.15) is 4.52 Å². The number of nitrogens with zero attached hydrogens (tertiary/aromatic N) is 3. The van der Waals surface area contributed by atoms with E-state index in [0.29, 0.717) is 4.96 Å². The second-order valence-electron chi connectivity index (χ2n) is 4.53. The van der Waals surface area contributed by atoms with Gasteiger partial charge in [0.2, 0.25) is 4.96 Å². The zero-order chi connectivity index (χ0) is 16.2. The van der Waals surface area contributed by atoms with E-state index in [1.165, 1.54) is 34.9 Å². The Labute approximate surface area is 140 Å². The molecule has 8 heteroatoms. The van der Waals surface area contributed by atoms with Crippen LogP contribution in [-0.4, -0.2) is 27.2 Å². The Bertz CT molecular complexity index is 890. The third-order valence-electron chi connectivity index (χ3n) is 2.97. The fourth-order valence-electron chi connectivity index (χ4n) is 1.90. The molecule has 23 heavy (non-hydrogen) atoms. The standard InChI is InChI=1S/C15H13N3O3S2/c1-2-21-13(20)11-8-16-14-18(12(11)19)17-15(23-14)22-9-10-6-4-3-5-7-10/h3-8H,2,9H2,1H3. The highest BCUT2D eigenvalue weighted by Crippen LogP contribution is 2.26. The summed E-state index contributed by atoms with van der Waals surface area (Å²) in [4.78, 5) is 28.6. The Kier molecular flexibility index (Phi) is 4.73. The van der Waals surface area contributed by atoms with Crippen molar-refractivity contribution < 1.29 is 9.53 Å². The maximum absolute atomic E-state index is 12.3. The lowest BCUT2D eigenvalue weighted by atomic mass is 10.2. The molecule has 0 radical (unpaired) electrons. The zero-order valence-electron chi connectivity index (χ0n) is 12.3. The van der Waals surface area contributed by atoms with Gasteiger partial charge in [-0.1, -0.05) is 53.4 Å². The summed E-state index contributed by atoms with van der Waals surface area (Å²) in [5.41, 5.74) is 0.565. The number of fused-ring (bicyclic) bond motifs is 1. The van der Waals surface area contributed by atoms with Crippen molar-refractivity contribution in [3.05, 3.63) is 58.0 Å². The number of ether oxygens (including phenoxy) is 1. The third kappa shape index (κ3) is 3.43. The van der Waals surface area contributed by atoms with Crippen molar-refractivity contribution in [2.75, 3.05) is 6.61 Å². The fourth-order valence-corrected chi connectivity index (χ4v) is 3.75. The van der Waals surface area contributed by atoms with Crippen LogP contribution in [0.2, 0.25) is 0 Å². The number of aromatic nitrogens is 3. The average molecular weight is 347 g/mol. The summed E-state index contributed by atoms with van der Waals surface area (Å²) in [5, 5.41) is 4.25. The quantitative estimate of drug-likeness (QED) is 0.522. The van der Waals surface area contributed by atoms with Gasteiger partial charge in [-0.3, -0.25) is 4.79 Å². The van der Waals surface area contributed by atoms with Crippen molar-refractivity contribution in [2.45, 2.75) is 17.0 Å². The van der Waals surface area contributed by atoms with Crippen molar-refractivity contribution in [3.63, 3.8) is 0 Å². The average Bonchev–Trinajstić information content (AvgIpc) is 2.98. The molecule has 118 valence electrons. The molecule has 0 fully saturated rings. The van der Waals surface area contributed by atoms with E-state index in [9.17, 15) is 9.59 Å². The van der Waals surface area contributed by atoms with E-state index in [0.717, 1.165) is 14.6 Å². The lowest BCUT2D eigenvalue weighted by Gasteiger charge is -1.99. The van der Waals surface area contributed by atoms with Gasteiger partial charge in [-0.05, 0) is 12.5 Å². The number of benzene rings is 1. The first-order valence-electron chi connectivity index (χ1n) is 6.91. The van der Waals surface area contributed by atoms with Gasteiger partial charge in [-0.25, -0.2) is 9.78 Å². The summed E-state index contributed by atoms with van der Waals surface area (Å²) >= 11 is 2.84. The molecule has 0 saturated heterocycles. The molecule has 0 saturated carbocycles. The molecule has 0 aliphatic carbocycles. The van der Waals surface area contributed by atoms with E-state index >= 15 is 0 Å². The molecular formula is C15H13N3O3S2. The van der Waals surface area contributed by atoms with E-state index in [-0.39, 0.29) is 12.2 Å². The van der Waals surface area contributed by atoms with Crippen LogP contribution < -0.4 is 5.56 Å². The molecule has 0 atom stereocenters. The van der Waals surface area contributed by atoms with Crippen molar-refractivity contribution in [3.8, 4) is 0 Å². The van der Waals surface area contributed by atoms with E-state index in [1.54, 1.807) is 6.92 Å². The summed E-state index contributed by atoms with van der Waals surface area (Å²) in [7, 11) is 0. The van der Waals surface area contributed by atoms with Crippen LogP contribution in [0.4, 0.5) is 0 Å². The summed E-state index contributed by atoms with van der Waals surface area (Å²) in [6, 6.07) is 9.98. The van der Waals surface area contributed by atoms with Crippen molar-refractivity contribution in [1.29, 1.82) is 0 Å². The molecule has 0 bridgehead atoms. The van der Waals surface area contributed by atoms with Crippen LogP contribution in [0.15, 0.2) is 45.7 Å². The second-order valence-corrected chi connectivity index (χ2v) is 6.71. The van der Waals surface area contributed by atoms with Gasteiger partial charge in [0.1, 0.15) is 5.56 Å². The molecule has 6 nitrogen and oxygen atoms in total. The van der Waals surface area contributed by atoms with E-state index in [2.05, 4.69) is 10.1 Å². The van der Waals surface area contributed by atoms with E-state index in [4.69, 9.17) is 4.74 Å². The topological polar surface area (TPSA) is 73.6 Å². The van der Waals surface area contributed by atoms with Crippen LogP contribution in [0.25, 0.3) is 4.96 Å². The predicted octanol–water partition coefficient (Wildman–Crippen LogP) is 2.62. The van der Waals surface area contributed by atoms with Crippen LogP contribution in [0.5, 0.6) is 0 Å². The SMILES string of the molecule is CCOC(=O)c1cnc2sc(SCc3ccccc3)nn2c1=O. The van der Waals surface area contributed by atoms with Crippen molar-refractivity contribution in [1.82, 2.24) is 14.6 Å². The lowest BCUT2D eigenvalue weighted by Crippen LogP contribution is -2.24. The molecule has 0 unspecified atom stereocenters. The Hall–Kier alpha value is -2.19. The Morgan fingerprint density at radius 1 is 1.35 bits per heavy atom. The van der Waals surface area contributed by atoms with Crippen LogP contribution >= 0.6 is 23.1 Å². The summed E-state index contributed by atoms with van der Waals surface area (Å²) < 4.78 is 6.73. The minimum absolute atomic E-state index is 0.103. The second kappa shape index (κ2) is 6.93. The molecule has 0 aliphatic rings. The van der Waals surface area contributed by atoms with E-state index < -0.39 is 11.5 Å². The highest BCUT2D eigenvalue weighted by atomic mass is 32.2. The molecule has 2 heterocycles. The molecule has 1 aromatic carbocycles. The van der Waals surface area contributed by atoms with Gasteiger partial charge in [0.05, 0.1) is 12.8 Å². The number of rotatable bonds is 5. The normalized spacial score (nSPS) is 10.8. The van der Waals surface area contributed by atoms with Crippen LogP contribution in [-0.2, 0) is 10.5 Å². The minimum atomic E-state index is -0.675. The van der Waals surface area contributed by atoms with Crippen LogP contribution in [0.3, 0.4) is 0 Å². The van der Waals surface area contributed by atoms with E-state index in [1.807, 2.05) is 30.3 Å². The molecule has 0 spiro atoms. The van der Waals surface area contributed by atoms with Crippen molar-refractivity contribution >= 4 is 34.0 Å². The van der Waals surface area contributed by atoms with Gasteiger partial charge in [0.25, 0.3) is 5.56 Å². The number of thioether (sulfide) groups is 1. The smallest absolute Gasteiger partial charge is 0.345 e. The number of carbonyl (C=O) groups is 1. The van der Waals surface area contributed by atoms with Gasteiger partial charge in [0.15, 0.2) is 4.34 Å². The molecule has 2 aromatic heterocycles. The number of hydrogen-bond acceptors (Lipinski definition) is 7. The molecule has 0 aliphatic heterocycles. The fraction of sp³-hybridized carbons (Fsp3) is 0.200. The first-order chi connectivity index (χ1) is 11.2. The Morgan fingerprint density at radius 2 is 2.13 bits per heavy atom. The van der Waals surface area contributed by atoms with Gasteiger partial charge in [0, 0.05) is 5.75 Å². The maximum atomic E-state index is 12.3. The minimum Gasteiger partial charge on any atom is -0.462 e. The van der Waals surface area contributed by atoms with Gasteiger partial charge >= 0.3 is 5.97 Å². The highest BCUT2D eigenvalue weighted by Gasteiger charge is 2.17. The molecule has 0 amide bonds. The molecule has 3 rings (SSSR count). The number of carbonyl (C=O) groups excluding carboxylic acids is 1. The first kappa shape index (κ1) is 15.7.